The first-order chi connectivity index (χ1) is 10.4. The molecular formula is C18H18BrNO2. The van der Waals surface area contributed by atoms with Gasteiger partial charge >= 0.3 is 6.09 Å². The molecule has 0 aromatic heterocycles. The predicted octanol–water partition coefficient (Wildman–Crippen LogP) is 5.32. The molecule has 0 unspecified atom stereocenters. The Morgan fingerprint density at radius 3 is 2.45 bits per heavy atom. The van der Waals surface area contributed by atoms with Crippen LogP contribution in [0.4, 0.5) is 10.5 Å². The lowest BCUT2D eigenvalue weighted by Gasteiger charge is -2.22. The summed E-state index contributed by atoms with van der Waals surface area (Å²) in [4.78, 5) is 11.6. The van der Waals surface area contributed by atoms with Gasteiger partial charge in [0.15, 0.2) is 0 Å². The third-order valence-corrected chi connectivity index (χ3v) is 4.65. The summed E-state index contributed by atoms with van der Waals surface area (Å²) in [6.07, 6.45) is -0.418. The number of ether oxygens (including phenoxy) is 1. The SMILES string of the molecule is CCOC(=O)Nc1ccc2c(c1)C(C)(C)c1cc(Br)ccc1-2. The van der Waals surface area contributed by atoms with E-state index in [1.807, 2.05) is 12.1 Å². The van der Waals surface area contributed by atoms with Gasteiger partial charge in [-0.15, -0.1) is 0 Å². The largest absolute Gasteiger partial charge is 0.450 e. The lowest BCUT2D eigenvalue weighted by atomic mass is 9.82. The van der Waals surface area contributed by atoms with Gasteiger partial charge in [0.2, 0.25) is 0 Å². The molecule has 3 nitrogen and oxygen atoms in total. The van der Waals surface area contributed by atoms with E-state index in [1.54, 1.807) is 6.92 Å². The van der Waals surface area contributed by atoms with E-state index in [4.69, 9.17) is 4.74 Å². The van der Waals surface area contributed by atoms with Crippen LogP contribution in [0.25, 0.3) is 11.1 Å². The van der Waals surface area contributed by atoms with E-state index < -0.39 is 6.09 Å². The van der Waals surface area contributed by atoms with Crippen molar-refractivity contribution in [3.63, 3.8) is 0 Å². The number of rotatable bonds is 2. The number of anilines is 1. The number of hydrogen-bond acceptors (Lipinski definition) is 2. The van der Waals surface area contributed by atoms with Crippen molar-refractivity contribution < 1.29 is 9.53 Å². The van der Waals surface area contributed by atoms with E-state index in [0.29, 0.717) is 6.61 Å². The van der Waals surface area contributed by atoms with Crippen molar-refractivity contribution >= 4 is 27.7 Å². The number of fused-ring (bicyclic) bond motifs is 3. The summed E-state index contributed by atoms with van der Waals surface area (Å²) in [5.74, 6) is 0. The highest BCUT2D eigenvalue weighted by molar-refractivity contribution is 9.10. The van der Waals surface area contributed by atoms with Crippen LogP contribution in [0.1, 0.15) is 31.9 Å². The zero-order chi connectivity index (χ0) is 15.9. The molecule has 1 amide bonds. The van der Waals surface area contributed by atoms with Crippen molar-refractivity contribution in [2.24, 2.45) is 0 Å². The number of hydrogen-bond donors (Lipinski definition) is 1. The van der Waals surface area contributed by atoms with Gasteiger partial charge in [0.05, 0.1) is 6.61 Å². The first-order valence-electron chi connectivity index (χ1n) is 7.32. The van der Waals surface area contributed by atoms with Gasteiger partial charge < -0.3 is 4.74 Å². The minimum Gasteiger partial charge on any atom is -0.450 e. The first-order valence-corrected chi connectivity index (χ1v) is 8.11. The monoisotopic (exact) mass is 359 g/mol. The molecule has 0 aliphatic heterocycles. The van der Waals surface area contributed by atoms with Crippen molar-refractivity contribution in [1.29, 1.82) is 0 Å². The summed E-state index contributed by atoms with van der Waals surface area (Å²) in [7, 11) is 0. The van der Waals surface area contributed by atoms with Crippen molar-refractivity contribution in [3.05, 3.63) is 52.0 Å². The Morgan fingerprint density at radius 2 is 1.77 bits per heavy atom. The number of carbonyl (C=O) groups excluding carboxylic acids is 1. The van der Waals surface area contributed by atoms with Gasteiger partial charge in [0, 0.05) is 15.6 Å². The van der Waals surface area contributed by atoms with Gasteiger partial charge in [-0.1, -0.05) is 41.9 Å². The van der Waals surface area contributed by atoms with Crippen molar-refractivity contribution in [2.75, 3.05) is 11.9 Å². The fourth-order valence-corrected chi connectivity index (χ4v) is 3.43. The molecule has 2 aromatic carbocycles. The van der Waals surface area contributed by atoms with Gasteiger partial charge in [0.25, 0.3) is 0 Å². The molecule has 0 bridgehead atoms. The summed E-state index contributed by atoms with van der Waals surface area (Å²) in [5, 5.41) is 2.78. The van der Waals surface area contributed by atoms with E-state index in [0.717, 1.165) is 10.2 Å². The lowest BCUT2D eigenvalue weighted by Crippen LogP contribution is -2.17. The molecule has 1 aliphatic carbocycles. The van der Waals surface area contributed by atoms with Crippen LogP contribution in [0.15, 0.2) is 40.9 Å². The average Bonchev–Trinajstić information content (AvgIpc) is 2.68. The normalized spacial score (nSPS) is 14.2. The molecule has 0 saturated carbocycles. The number of benzene rings is 2. The molecule has 1 N–H and O–H groups in total. The number of halogens is 1. The molecule has 3 rings (SSSR count). The summed E-state index contributed by atoms with van der Waals surface area (Å²) in [6, 6.07) is 12.4. The molecule has 2 aromatic rings. The minimum atomic E-state index is -0.418. The van der Waals surface area contributed by atoms with Crippen molar-refractivity contribution in [3.8, 4) is 11.1 Å². The van der Waals surface area contributed by atoms with E-state index in [-0.39, 0.29) is 5.41 Å². The third kappa shape index (κ3) is 2.41. The Balaban J connectivity index is 2.03. The number of carbonyl (C=O) groups is 1. The number of nitrogens with one attached hydrogen (secondary N) is 1. The Hall–Kier alpha value is -1.81. The zero-order valence-electron chi connectivity index (χ0n) is 12.9. The maximum atomic E-state index is 11.6. The van der Waals surface area contributed by atoms with E-state index >= 15 is 0 Å². The van der Waals surface area contributed by atoms with Gasteiger partial charge in [0.1, 0.15) is 0 Å². The van der Waals surface area contributed by atoms with Gasteiger partial charge in [-0.25, -0.2) is 4.79 Å². The molecule has 0 spiro atoms. The maximum absolute atomic E-state index is 11.6. The van der Waals surface area contributed by atoms with Crippen molar-refractivity contribution in [2.45, 2.75) is 26.2 Å². The van der Waals surface area contributed by atoms with E-state index in [1.165, 1.54) is 22.3 Å². The molecule has 1 aliphatic rings. The van der Waals surface area contributed by atoms with Crippen LogP contribution in [0, 0.1) is 0 Å². The summed E-state index contributed by atoms with van der Waals surface area (Å²) in [6.45, 7) is 6.57. The second-order valence-electron chi connectivity index (χ2n) is 5.92. The van der Waals surface area contributed by atoms with Crippen LogP contribution in [0.3, 0.4) is 0 Å². The molecule has 22 heavy (non-hydrogen) atoms. The Bertz CT molecular complexity index is 753. The molecule has 114 valence electrons. The second-order valence-corrected chi connectivity index (χ2v) is 6.84. The highest BCUT2D eigenvalue weighted by Crippen LogP contribution is 2.49. The molecule has 0 radical (unpaired) electrons. The van der Waals surface area contributed by atoms with Crippen molar-refractivity contribution in [1.82, 2.24) is 0 Å². The van der Waals surface area contributed by atoms with Crippen LogP contribution < -0.4 is 5.32 Å². The predicted molar refractivity (Wildman–Crippen MR) is 92.4 cm³/mol. The van der Waals surface area contributed by atoms with Gasteiger partial charge in [-0.05, 0) is 53.4 Å². The van der Waals surface area contributed by atoms with Crippen LogP contribution >= 0.6 is 15.9 Å². The third-order valence-electron chi connectivity index (χ3n) is 4.16. The Kier molecular flexibility index (Phi) is 3.73. The zero-order valence-corrected chi connectivity index (χ0v) is 14.5. The van der Waals surface area contributed by atoms with Crippen LogP contribution in [0.2, 0.25) is 0 Å². The summed E-state index contributed by atoms with van der Waals surface area (Å²) in [5.41, 5.74) is 5.66. The van der Waals surface area contributed by atoms with Crippen LogP contribution in [-0.2, 0) is 10.2 Å². The summed E-state index contributed by atoms with van der Waals surface area (Å²) >= 11 is 3.55. The molecule has 0 atom stereocenters. The molecular weight excluding hydrogens is 342 g/mol. The summed E-state index contributed by atoms with van der Waals surface area (Å²) < 4.78 is 6.02. The van der Waals surface area contributed by atoms with Crippen LogP contribution in [0.5, 0.6) is 0 Å². The smallest absolute Gasteiger partial charge is 0.411 e. The standard InChI is InChI=1S/C18H18BrNO2/c1-4-22-17(21)20-12-6-8-14-13-7-5-11(19)9-15(13)18(2,3)16(14)10-12/h5-10H,4H2,1-3H3,(H,20,21). The van der Waals surface area contributed by atoms with Gasteiger partial charge in [-0.3, -0.25) is 5.32 Å². The second kappa shape index (κ2) is 5.43. The molecule has 0 saturated heterocycles. The first kappa shape index (κ1) is 15.1. The fourth-order valence-electron chi connectivity index (χ4n) is 3.07. The van der Waals surface area contributed by atoms with E-state index in [9.17, 15) is 4.79 Å². The lowest BCUT2D eigenvalue weighted by molar-refractivity contribution is 0.168. The van der Waals surface area contributed by atoms with Crippen LogP contribution in [-0.4, -0.2) is 12.7 Å². The number of amides is 1. The molecule has 4 heteroatoms. The molecule has 0 heterocycles. The molecule has 0 fully saturated rings. The Morgan fingerprint density at radius 1 is 1.14 bits per heavy atom. The quantitative estimate of drug-likeness (QED) is 0.787. The van der Waals surface area contributed by atoms with E-state index in [2.05, 4.69) is 59.4 Å². The van der Waals surface area contributed by atoms with Gasteiger partial charge in [-0.2, -0.15) is 0 Å². The highest BCUT2D eigenvalue weighted by atomic mass is 79.9. The average molecular weight is 360 g/mol. The fraction of sp³-hybridized carbons (Fsp3) is 0.278. The highest BCUT2D eigenvalue weighted by Gasteiger charge is 2.35. The minimum absolute atomic E-state index is 0.0964. The topological polar surface area (TPSA) is 38.3 Å². The Labute approximate surface area is 138 Å². The maximum Gasteiger partial charge on any atom is 0.411 e.